The molecule has 3 nitrogen and oxygen atoms in total. The normalized spacial score (nSPS) is 22.4. The Morgan fingerprint density at radius 3 is 3.21 bits per heavy atom. The molecule has 1 aliphatic heterocycles. The summed E-state index contributed by atoms with van der Waals surface area (Å²) in [6.07, 6.45) is 0. The molecule has 1 N–H and O–H groups in total. The van der Waals surface area contributed by atoms with Gasteiger partial charge in [0.05, 0.1) is 5.56 Å². The van der Waals surface area contributed by atoms with Crippen molar-refractivity contribution in [1.29, 1.82) is 0 Å². The molecule has 1 saturated heterocycles. The molecule has 0 bridgehead atoms. The monoisotopic (exact) mass is 210 g/mol. The third kappa shape index (κ3) is 1.81. The van der Waals surface area contributed by atoms with Crippen molar-refractivity contribution in [1.82, 2.24) is 10.2 Å². The fourth-order valence-corrected chi connectivity index (χ4v) is 2.32. The molecule has 0 radical (unpaired) electrons. The SMILES string of the molecule is C[C@H]1CNCCN1C(=O)c1ccsc1. The molecule has 2 heterocycles. The van der Waals surface area contributed by atoms with Crippen molar-refractivity contribution in [2.24, 2.45) is 0 Å². The van der Waals surface area contributed by atoms with Gasteiger partial charge >= 0.3 is 0 Å². The van der Waals surface area contributed by atoms with Gasteiger partial charge in [0.15, 0.2) is 0 Å². The van der Waals surface area contributed by atoms with E-state index in [1.165, 1.54) is 0 Å². The van der Waals surface area contributed by atoms with Gasteiger partial charge in [-0.05, 0) is 18.4 Å². The van der Waals surface area contributed by atoms with Crippen LogP contribution in [0.4, 0.5) is 0 Å². The van der Waals surface area contributed by atoms with E-state index in [2.05, 4.69) is 12.2 Å². The fourth-order valence-electron chi connectivity index (χ4n) is 1.69. The predicted molar refractivity (Wildman–Crippen MR) is 57.7 cm³/mol. The molecule has 2 rings (SSSR count). The van der Waals surface area contributed by atoms with E-state index in [1.807, 2.05) is 21.7 Å². The Bertz CT molecular complexity index is 310. The average molecular weight is 210 g/mol. The summed E-state index contributed by atoms with van der Waals surface area (Å²) >= 11 is 1.57. The molecule has 0 unspecified atom stereocenters. The van der Waals surface area contributed by atoms with Gasteiger partial charge in [-0.2, -0.15) is 11.3 Å². The van der Waals surface area contributed by atoms with Gasteiger partial charge in [-0.25, -0.2) is 0 Å². The van der Waals surface area contributed by atoms with Gasteiger partial charge in [-0.15, -0.1) is 0 Å². The van der Waals surface area contributed by atoms with Crippen LogP contribution in [0.15, 0.2) is 16.8 Å². The maximum atomic E-state index is 12.0. The molecule has 0 spiro atoms. The second-order valence-electron chi connectivity index (χ2n) is 3.56. The minimum atomic E-state index is 0.167. The summed E-state index contributed by atoms with van der Waals surface area (Å²) in [7, 11) is 0. The van der Waals surface area contributed by atoms with E-state index in [0.717, 1.165) is 25.2 Å². The number of piperazine rings is 1. The molecule has 1 aliphatic rings. The predicted octanol–water partition coefficient (Wildman–Crippen LogP) is 1.18. The average Bonchev–Trinajstić information content (AvgIpc) is 2.70. The first-order chi connectivity index (χ1) is 6.79. The number of amides is 1. The number of hydrogen-bond acceptors (Lipinski definition) is 3. The van der Waals surface area contributed by atoms with E-state index in [1.54, 1.807) is 11.3 Å². The summed E-state index contributed by atoms with van der Waals surface area (Å²) in [5, 5.41) is 7.13. The number of hydrogen-bond donors (Lipinski definition) is 1. The zero-order valence-corrected chi connectivity index (χ0v) is 9.01. The molecule has 1 atom stereocenters. The summed E-state index contributed by atoms with van der Waals surface area (Å²) in [6, 6.07) is 2.19. The van der Waals surface area contributed by atoms with Crippen LogP contribution in [0.1, 0.15) is 17.3 Å². The molecule has 0 saturated carbocycles. The molecular formula is C10H14N2OS. The highest BCUT2D eigenvalue weighted by Gasteiger charge is 2.23. The molecule has 1 aromatic heterocycles. The summed E-state index contributed by atoms with van der Waals surface area (Å²) in [4.78, 5) is 13.9. The van der Waals surface area contributed by atoms with Gasteiger partial charge in [-0.3, -0.25) is 4.79 Å². The maximum Gasteiger partial charge on any atom is 0.255 e. The van der Waals surface area contributed by atoms with Crippen LogP contribution in [0.2, 0.25) is 0 Å². The molecular weight excluding hydrogens is 196 g/mol. The Labute approximate surface area is 87.7 Å². The summed E-state index contributed by atoms with van der Waals surface area (Å²) in [6.45, 7) is 4.70. The standard InChI is InChI=1S/C10H14N2OS/c1-8-6-11-3-4-12(8)10(13)9-2-5-14-7-9/h2,5,7-8,11H,3-4,6H2,1H3/t8-/m0/s1. The molecule has 76 valence electrons. The van der Waals surface area contributed by atoms with Gasteiger partial charge in [0.2, 0.25) is 0 Å². The van der Waals surface area contributed by atoms with Crippen LogP contribution in [0.3, 0.4) is 0 Å². The zero-order valence-electron chi connectivity index (χ0n) is 8.19. The van der Waals surface area contributed by atoms with E-state index in [-0.39, 0.29) is 5.91 Å². The van der Waals surface area contributed by atoms with Crippen LogP contribution in [0.5, 0.6) is 0 Å². The molecule has 14 heavy (non-hydrogen) atoms. The van der Waals surface area contributed by atoms with Crippen molar-refractivity contribution in [2.45, 2.75) is 13.0 Å². The third-order valence-corrected chi connectivity index (χ3v) is 3.21. The third-order valence-electron chi connectivity index (χ3n) is 2.53. The minimum Gasteiger partial charge on any atom is -0.333 e. The number of carbonyl (C=O) groups is 1. The van der Waals surface area contributed by atoms with Crippen LogP contribution in [0.25, 0.3) is 0 Å². The van der Waals surface area contributed by atoms with Crippen LogP contribution < -0.4 is 5.32 Å². The van der Waals surface area contributed by atoms with Crippen molar-refractivity contribution in [3.8, 4) is 0 Å². The lowest BCUT2D eigenvalue weighted by Gasteiger charge is -2.33. The topological polar surface area (TPSA) is 32.3 Å². The molecule has 1 aromatic rings. The largest absolute Gasteiger partial charge is 0.333 e. The van der Waals surface area contributed by atoms with Crippen LogP contribution in [-0.2, 0) is 0 Å². The van der Waals surface area contributed by atoms with Gasteiger partial charge in [-0.1, -0.05) is 0 Å². The van der Waals surface area contributed by atoms with Crippen molar-refractivity contribution in [3.63, 3.8) is 0 Å². The van der Waals surface area contributed by atoms with Crippen LogP contribution in [0, 0.1) is 0 Å². The molecule has 1 fully saturated rings. The highest BCUT2D eigenvalue weighted by atomic mass is 32.1. The van der Waals surface area contributed by atoms with Gasteiger partial charge in [0.25, 0.3) is 5.91 Å². The second-order valence-corrected chi connectivity index (χ2v) is 4.34. The lowest BCUT2D eigenvalue weighted by molar-refractivity contribution is 0.0656. The minimum absolute atomic E-state index is 0.167. The summed E-state index contributed by atoms with van der Waals surface area (Å²) in [5.74, 6) is 0.167. The Kier molecular flexibility index (Phi) is 2.84. The molecule has 4 heteroatoms. The lowest BCUT2D eigenvalue weighted by Crippen LogP contribution is -2.52. The van der Waals surface area contributed by atoms with E-state index in [9.17, 15) is 4.79 Å². The van der Waals surface area contributed by atoms with E-state index < -0.39 is 0 Å². The first-order valence-corrected chi connectivity index (χ1v) is 5.77. The van der Waals surface area contributed by atoms with Crippen molar-refractivity contribution < 1.29 is 4.79 Å². The molecule has 0 aromatic carbocycles. The number of carbonyl (C=O) groups excluding carboxylic acids is 1. The number of rotatable bonds is 1. The zero-order chi connectivity index (χ0) is 9.97. The Balaban J connectivity index is 2.10. The Hall–Kier alpha value is -0.870. The van der Waals surface area contributed by atoms with Crippen molar-refractivity contribution in [2.75, 3.05) is 19.6 Å². The smallest absolute Gasteiger partial charge is 0.255 e. The van der Waals surface area contributed by atoms with Gasteiger partial charge in [0.1, 0.15) is 0 Å². The summed E-state index contributed by atoms with van der Waals surface area (Å²) < 4.78 is 0. The van der Waals surface area contributed by atoms with E-state index in [0.29, 0.717) is 6.04 Å². The van der Waals surface area contributed by atoms with Crippen LogP contribution in [-0.4, -0.2) is 36.5 Å². The summed E-state index contributed by atoms with van der Waals surface area (Å²) in [5.41, 5.74) is 0.823. The van der Waals surface area contributed by atoms with E-state index in [4.69, 9.17) is 0 Å². The Morgan fingerprint density at radius 1 is 1.71 bits per heavy atom. The maximum absolute atomic E-state index is 12.0. The number of thiophene rings is 1. The molecule has 0 aliphatic carbocycles. The first-order valence-electron chi connectivity index (χ1n) is 4.83. The number of nitrogens with zero attached hydrogens (tertiary/aromatic N) is 1. The van der Waals surface area contributed by atoms with Gasteiger partial charge < -0.3 is 10.2 Å². The number of nitrogens with one attached hydrogen (secondary N) is 1. The van der Waals surface area contributed by atoms with Gasteiger partial charge in [0, 0.05) is 31.1 Å². The lowest BCUT2D eigenvalue weighted by atomic mass is 10.2. The van der Waals surface area contributed by atoms with Crippen molar-refractivity contribution in [3.05, 3.63) is 22.4 Å². The highest BCUT2D eigenvalue weighted by molar-refractivity contribution is 7.08. The Morgan fingerprint density at radius 2 is 2.57 bits per heavy atom. The quantitative estimate of drug-likeness (QED) is 0.755. The second kappa shape index (κ2) is 4.11. The van der Waals surface area contributed by atoms with Crippen molar-refractivity contribution >= 4 is 17.2 Å². The van der Waals surface area contributed by atoms with Crippen LogP contribution >= 0.6 is 11.3 Å². The molecule has 1 amide bonds. The first kappa shape index (κ1) is 9.68. The fraction of sp³-hybridized carbons (Fsp3) is 0.500. The highest BCUT2D eigenvalue weighted by Crippen LogP contribution is 2.12. The van der Waals surface area contributed by atoms with E-state index >= 15 is 0 Å².